The van der Waals surface area contributed by atoms with Gasteiger partial charge in [-0.15, -0.1) is 0 Å². The molecule has 6 heteroatoms. The fourth-order valence-electron chi connectivity index (χ4n) is 0. The molecule has 0 unspecified atom stereocenters. The second-order valence-electron chi connectivity index (χ2n) is 0.283. The summed E-state index contributed by atoms with van der Waals surface area (Å²) < 4.78 is 8.34. The van der Waals surface area contributed by atoms with Crippen molar-refractivity contribution in [1.29, 1.82) is 0 Å². The van der Waals surface area contributed by atoms with Gasteiger partial charge in [-0.2, -0.15) is 0 Å². The third-order valence-electron chi connectivity index (χ3n) is 0. The van der Waals surface area contributed by atoms with Crippen molar-refractivity contribution < 1.29 is 42.5 Å². The summed E-state index contributed by atoms with van der Waals surface area (Å²) in [4.78, 5) is 8.56. The summed E-state index contributed by atoms with van der Waals surface area (Å²) in [5, 5.41) is 13.9. The van der Waals surface area contributed by atoms with E-state index in [1.807, 2.05) is 0 Å². The molecule has 0 saturated heterocycles. The monoisotopic (exact) mass is 210 g/mol. The number of rotatable bonds is 0. The van der Waals surface area contributed by atoms with Crippen molar-refractivity contribution in [1.82, 2.24) is 0 Å². The average molecular weight is 211 g/mol. The van der Waals surface area contributed by atoms with Gasteiger partial charge >= 0.3 is 71.4 Å². The van der Waals surface area contributed by atoms with Gasteiger partial charge in [-0.1, -0.05) is 0 Å². The molecule has 0 spiro atoms. The molecule has 0 aromatic rings. The molecule has 0 bridgehead atoms. The molecule has 0 atom stereocenters. The van der Waals surface area contributed by atoms with Gasteiger partial charge in [0.15, 0.2) is 0 Å². The molecule has 0 aromatic heterocycles. The first kappa shape index (κ1) is 15.7. The predicted molar refractivity (Wildman–Crippen MR) is 19.9 cm³/mol. The number of carbonyl (C=O) groups is 1. The van der Waals surface area contributed by atoms with Crippen LogP contribution in [0.25, 0.3) is 0 Å². The summed E-state index contributed by atoms with van der Waals surface area (Å²) in [5.74, 6) is 0. The topological polar surface area (TPSA) is 74.6 Å². The van der Waals surface area contributed by atoms with Gasteiger partial charge < -0.3 is 10.2 Å². The first-order valence-electron chi connectivity index (χ1n) is 0.855. The Labute approximate surface area is 85.2 Å². The van der Waals surface area contributed by atoms with E-state index in [1.165, 1.54) is 0 Å². The molecule has 0 aliphatic carbocycles. The van der Waals surface area contributed by atoms with E-state index in [2.05, 4.69) is 0 Å². The zero-order valence-electron chi connectivity index (χ0n) is 2.71. The van der Waals surface area contributed by atoms with Crippen molar-refractivity contribution in [2.75, 3.05) is 0 Å². The van der Waals surface area contributed by atoms with Crippen LogP contribution >= 0.6 is 0 Å². The second-order valence-corrected chi connectivity index (χ2v) is 0.283. The molecule has 0 aliphatic rings. The summed E-state index contributed by atoms with van der Waals surface area (Å²) in [6.07, 6.45) is -1.83. The third kappa shape index (κ3) is 133. The van der Waals surface area contributed by atoms with E-state index in [0.29, 0.717) is 24.7 Å². The van der Waals surface area contributed by atoms with E-state index in [0.717, 1.165) is 0 Å². The second kappa shape index (κ2) is 15.7. The Bertz CT molecular complexity index is 43.0. The van der Waals surface area contributed by atoms with E-state index in [-0.39, 0.29) is 37.7 Å². The van der Waals surface area contributed by atoms with Gasteiger partial charge in [0, 0.05) is 0 Å². The third-order valence-corrected chi connectivity index (χ3v) is 0. The first-order valence-corrected chi connectivity index (χ1v) is 1.86. The van der Waals surface area contributed by atoms with Gasteiger partial charge in [0.1, 0.15) is 0 Å². The zero-order valence-corrected chi connectivity index (χ0v) is 5.17. The molecule has 4 nitrogen and oxygen atoms in total. The molecule has 38 valence electrons. The SMILES string of the molecule is O=C(O)O.[CaH2].[O]=[Zr]. The number of hydrogen-bond donors (Lipinski definition) is 2. The summed E-state index contributed by atoms with van der Waals surface area (Å²) in [5.41, 5.74) is 0. The number of carboxylic acid groups (broad SMARTS) is 2. The molecular weight excluding hydrogens is 207 g/mol. The summed E-state index contributed by atoms with van der Waals surface area (Å²) >= 11 is 0.300. The van der Waals surface area contributed by atoms with Crippen LogP contribution in [0.4, 0.5) is 4.79 Å². The van der Waals surface area contributed by atoms with E-state index in [4.69, 9.17) is 17.8 Å². The van der Waals surface area contributed by atoms with E-state index in [1.54, 1.807) is 0 Å². The van der Waals surface area contributed by atoms with Gasteiger partial charge in [-0.3, -0.25) is 0 Å². The zero-order chi connectivity index (χ0) is 5.58. The minimum atomic E-state index is -1.83. The standard InChI is InChI=1S/CH2O3.Ca.O.Zr.2H/c2-1(3)4;;;;;/h(H2,2,3,4);;;;;. The fourth-order valence-corrected chi connectivity index (χ4v) is 0. The summed E-state index contributed by atoms with van der Waals surface area (Å²) in [6.45, 7) is 0. The van der Waals surface area contributed by atoms with Gasteiger partial charge in [0.05, 0.1) is 0 Å². The van der Waals surface area contributed by atoms with Crippen LogP contribution < -0.4 is 0 Å². The number of hydrogen-bond acceptors (Lipinski definition) is 2. The van der Waals surface area contributed by atoms with Gasteiger partial charge in [-0.25, -0.2) is 4.79 Å². The van der Waals surface area contributed by atoms with Crippen LogP contribution in [-0.4, -0.2) is 54.1 Å². The molecular formula is CH4CaO4Zr. The van der Waals surface area contributed by atoms with Crippen LogP contribution in [0.3, 0.4) is 0 Å². The van der Waals surface area contributed by atoms with Crippen molar-refractivity contribution in [3.63, 3.8) is 0 Å². The van der Waals surface area contributed by atoms with Gasteiger partial charge in [-0.05, 0) is 0 Å². The van der Waals surface area contributed by atoms with Crippen LogP contribution in [0.2, 0.25) is 0 Å². The minimum absolute atomic E-state index is 0. The average Bonchev–Trinajstić information content (AvgIpc) is 1.41. The Morgan fingerprint density at radius 2 is 1.29 bits per heavy atom. The van der Waals surface area contributed by atoms with Crippen molar-refractivity contribution in [3.05, 3.63) is 0 Å². The molecule has 0 aromatic carbocycles. The van der Waals surface area contributed by atoms with E-state index < -0.39 is 6.16 Å². The quantitative estimate of drug-likeness (QED) is 0.514. The Kier molecular flexibility index (Phi) is 35.2. The maximum atomic E-state index is 8.56. The molecule has 0 heterocycles. The summed E-state index contributed by atoms with van der Waals surface area (Å²) in [6, 6.07) is 0. The van der Waals surface area contributed by atoms with Gasteiger partial charge in [0.25, 0.3) is 0 Å². The molecule has 0 saturated carbocycles. The Hall–Kier alpha value is 1.21. The Balaban J connectivity index is -0.0000000480. The van der Waals surface area contributed by atoms with Crippen molar-refractivity contribution >= 4 is 43.9 Å². The van der Waals surface area contributed by atoms with Crippen LogP contribution in [0, 0.1) is 0 Å². The molecule has 7 heavy (non-hydrogen) atoms. The molecule has 0 rings (SSSR count). The fraction of sp³-hybridized carbons (Fsp3) is 0. The van der Waals surface area contributed by atoms with Crippen LogP contribution in [-0.2, 0) is 27.5 Å². The molecule has 0 aliphatic heterocycles. The summed E-state index contributed by atoms with van der Waals surface area (Å²) in [7, 11) is 0. The van der Waals surface area contributed by atoms with Crippen molar-refractivity contribution in [2.24, 2.45) is 0 Å². The van der Waals surface area contributed by atoms with Gasteiger partial charge in [0.2, 0.25) is 0 Å². The predicted octanol–water partition coefficient (Wildman–Crippen LogP) is -0.815. The van der Waals surface area contributed by atoms with Crippen molar-refractivity contribution in [2.45, 2.75) is 0 Å². The molecule has 0 fully saturated rings. The van der Waals surface area contributed by atoms with Crippen LogP contribution in [0.5, 0.6) is 0 Å². The maximum absolute atomic E-state index is 8.56. The van der Waals surface area contributed by atoms with E-state index in [9.17, 15) is 0 Å². The normalized spacial score (nSPS) is 3.86. The molecule has 2 N–H and O–H groups in total. The van der Waals surface area contributed by atoms with Crippen LogP contribution in [0.15, 0.2) is 0 Å². The van der Waals surface area contributed by atoms with Crippen LogP contribution in [0.1, 0.15) is 0 Å². The Morgan fingerprint density at radius 1 is 1.29 bits per heavy atom. The van der Waals surface area contributed by atoms with Crippen molar-refractivity contribution in [3.8, 4) is 0 Å². The first-order chi connectivity index (χ1) is 2.73. The van der Waals surface area contributed by atoms with E-state index >= 15 is 0 Å². The Morgan fingerprint density at radius 3 is 1.29 bits per heavy atom. The molecule has 0 radical (unpaired) electrons. The molecule has 0 amide bonds.